The Labute approximate surface area is 86.0 Å². The molecule has 0 saturated carbocycles. The lowest BCUT2D eigenvalue weighted by Gasteiger charge is -2.02. The van der Waals surface area contributed by atoms with Crippen LogP contribution in [-0.2, 0) is 0 Å². The highest BCUT2D eigenvalue weighted by molar-refractivity contribution is 9.10. The smallest absolute Gasteiger partial charge is 0.133 e. The van der Waals surface area contributed by atoms with Crippen LogP contribution < -0.4 is 4.74 Å². The Balaban J connectivity index is 2.89. The summed E-state index contributed by atoms with van der Waals surface area (Å²) in [6.45, 7) is 0.0592. The minimum atomic E-state index is 0.0592. The molecule has 2 nitrogen and oxygen atoms in total. The molecule has 0 aliphatic rings. The summed E-state index contributed by atoms with van der Waals surface area (Å²) in [5.74, 6) is 0.807. The molecular formula is C10H11BrO2. The third-order valence-corrected chi connectivity index (χ3v) is 2.21. The highest BCUT2D eigenvalue weighted by Gasteiger charge is 1.98. The molecule has 0 bridgehead atoms. The summed E-state index contributed by atoms with van der Waals surface area (Å²) in [5, 5.41) is 8.57. The highest BCUT2D eigenvalue weighted by atomic mass is 79.9. The third-order valence-electron chi connectivity index (χ3n) is 1.59. The van der Waals surface area contributed by atoms with Crippen LogP contribution in [0.25, 0.3) is 6.08 Å². The number of halogens is 1. The Morgan fingerprint density at radius 1 is 1.54 bits per heavy atom. The fourth-order valence-corrected chi connectivity index (χ4v) is 1.53. The van der Waals surface area contributed by atoms with Gasteiger partial charge < -0.3 is 9.84 Å². The minimum absolute atomic E-state index is 0.0592. The molecule has 0 aliphatic carbocycles. The molecule has 0 heterocycles. The number of aliphatic hydroxyl groups excluding tert-OH is 1. The maximum atomic E-state index is 8.57. The Morgan fingerprint density at radius 2 is 2.31 bits per heavy atom. The Bertz CT molecular complexity index is 308. The standard InChI is InChI=1S/C10H11BrO2/c1-13-10-5-4-8(3-2-6-12)7-9(10)11/h2-5,7,12H,6H2,1H3/b3-2+. The molecule has 0 atom stereocenters. The van der Waals surface area contributed by atoms with Gasteiger partial charge in [-0.25, -0.2) is 0 Å². The zero-order valence-electron chi connectivity index (χ0n) is 7.33. The predicted octanol–water partition coefficient (Wildman–Crippen LogP) is 2.46. The first kappa shape index (κ1) is 10.3. The maximum Gasteiger partial charge on any atom is 0.133 e. The molecule has 1 aromatic carbocycles. The van der Waals surface area contributed by atoms with Crippen molar-refractivity contribution in [3.63, 3.8) is 0 Å². The zero-order valence-corrected chi connectivity index (χ0v) is 8.91. The van der Waals surface area contributed by atoms with E-state index in [1.54, 1.807) is 13.2 Å². The van der Waals surface area contributed by atoms with E-state index in [4.69, 9.17) is 9.84 Å². The Morgan fingerprint density at radius 3 is 2.85 bits per heavy atom. The van der Waals surface area contributed by atoms with Crippen molar-refractivity contribution in [2.45, 2.75) is 0 Å². The molecule has 3 heteroatoms. The number of ether oxygens (including phenoxy) is 1. The largest absolute Gasteiger partial charge is 0.496 e. The summed E-state index contributed by atoms with van der Waals surface area (Å²) in [5.41, 5.74) is 1.03. The van der Waals surface area contributed by atoms with Crippen LogP contribution in [0.5, 0.6) is 5.75 Å². The lowest BCUT2D eigenvalue weighted by molar-refractivity contribution is 0.343. The molecule has 1 N–H and O–H groups in total. The fraction of sp³-hybridized carbons (Fsp3) is 0.200. The molecule has 0 saturated heterocycles. The number of benzene rings is 1. The van der Waals surface area contributed by atoms with Gasteiger partial charge in [-0.2, -0.15) is 0 Å². The SMILES string of the molecule is COc1ccc(/C=C/CO)cc1Br. The van der Waals surface area contributed by atoms with Crippen LogP contribution in [-0.4, -0.2) is 18.8 Å². The van der Waals surface area contributed by atoms with Gasteiger partial charge in [-0.1, -0.05) is 18.2 Å². The summed E-state index contributed by atoms with van der Waals surface area (Å²) in [7, 11) is 1.63. The van der Waals surface area contributed by atoms with Gasteiger partial charge in [-0.3, -0.25) is 0 Å². The van der Waals surface area contributed by atoms with Crippen molar-refractivity contribution in [1.29, 1.82) is 0 Å². The summed E-state index contributed by atoms with van der Waals surface area (Å²) in [6.07, 6.45) is 3.54. The van der Waals surface area contributed by atoms with Gasteiger partial charge in [0.15, 0.2) is 0 Å². The van der Waals surface area contributed by atoms with E-state index >= 15 is 0 Å². The van der Waals surface area contributed by atoms with Crippen LogP contribution in [0.4, 0.5) is 0 Å². The third kappa shape index (κ3) is 2.86. The maximum absolute atomic E-state index is 8.57. The number of aliphatic hydroxyl groups is 1. The second-order valence-electron chi connectivity index (χ2n) is 2.48. The molecule has 0 radical (unpaired) electrons. The molecular weight excluding hydrogens is 232 g/mol. The second-order valence-corrected chi connectivity index (χ2v) is 3.33. The molecule has 0 fully saturated rings. The summed E-state index contributed by atoms with van der Waals surface area (Å²) in [4.78, 5) is 0. The second kappa shape index (κ2) is 5.04. The molecule has 0 unspecified atom stereocenters. The normalized spacial score (nSPS) is 10.7. The average Bonchev–Trinajstić information content (AvgIpc) is 2.15. The zero-order chi connectivity index (χ0) is 9.68. The van der Waals surface area contributed by atoms with E-state index in [2.05, 4.69) is 15.9 Å². The van der Waals surface area contributed by atoms with Crippen LogP contribution in [0, 0.1) is 0 Å². The lowest BCUT2D eigenvalue weighted by atomic mass is 10.2. The first-order chi connectivity index (χ1) is 6.27. The first-order valence-electron chi connectivity index (χ1n) is 3.89. The van der Waals surface area contributed by atoms with Crippen molar-refractivity contribution in [3.05, 3.63) is 34.3 Å². The van der Waals surface area contributed by atoms with Crippen molar-refractivity contribution in [1.82, 2.24) is 0 Å². The van der Waals surface area contributed by atoms with Crippen LogP contribution in [0.15, 0.2) is 28.7 Å². The van der Waals surface area contributed by atoms with Crippen molar-refractivity contribution in [2.75, 3.05) is 13.7 Å². The quantitative estimate of drug-likeness (QED) is 0.883. The predicted molar refractivity (Wildman–Crippen MR) is 56.8 cm³/mol. The first-order valence-corrected chi connectivity index (χ1v) is 4.68. The molecule has 0 amide bonds. The number of hydrogen-bond acceptors (Lipinski definition) is 2. The molecule has 0 aliphatic heterocycles. The average molecular weight is 243 g/mol. The van der Waals surface area contributed by atoms with Crippen molar-refractivity contribution >= 4 is 22.0 Å². The molecule has 13 heavy (non-hydrogen) atoms. The van der Waals surface area contributed by atoms with Gasteiger partial charge in [0.25, 0.3) is 0 Å². The summed E-state index contributed by atoms with van der Waals surface area (Å²) in [6, 6.07) is 5.74. The van der Waals surface area contributed by atoms with E-state index < -0.39 is 0 Å². The summed E-state index contributed by atoms with van der Waals surface area (Å²) < 4.78 is 6.00. The molecule has 1 aromatic rings. The van der Waals surface area contributed by atoms with Gasteiger partial charge >= 0.3 is 0 Å². The van der Waals surface area contributed by atoms with Gasteiger partial charge in [0, 0.05) is 0 Å². The van der Waals surface area contributed by atoms with Crippen LogP contribution in [0.1, 0.15) is 5.56 Å². The molecule has 1 rings (SSSR count). The van der Waals surface area contributed by atoms with E-state index in [-0.39, 0.29) is 6.61 Å². The van der Waals surface area contributed by atoms with E-state index in [1.807, 2.05) is 24.3 Å². The van der Waals surface area contributed by atoms with Gasteiger partial charge in [0.2, 0.25) is 0 Å². The molecule has 0 spiro atoms. The van der Waals surface area contributed by atoms with Gasteiger partial charge in [0.1, 0.15) is 5.75 Å². The Hall–Kier alpha value is -0.800. The van der Waals surface area contributed by atoms with Crippen LogP contribution >= 0.6 is 15.9 Å². The minimum Gasteiger partial charge on any atom is -0.496 e. The van der Waals surface area contributed by atoms with Crippen LogP contribution in [0.3, 0.4) is 0 Å². The van der Waals surface area contributed by atoms with Gasteiger partial charge in [-0.15, -0.1) is 0 Å². The number of methoxy groups -OCH3 is 1. The van der Waals surface area contributed by atoms with E-state index in [0.29, 0.717) is 0 Å². The van der Waals surface area contributed by atoms with Crippen molar-refractivity contribution in [2.24, 2.45) is 0 Å². The lowest BCUT2D eigenvalue weighted by Crippen LogP contribution is -1.84. The number of hydrogen-bond donors (Lipinski definition) is 1. The monoisotopic (exact) mass is 242 g/mol. The molecule has 70 valence electrons. The van der Waals surface area contributed by atoms with E-state index in [0.717, 1.165) is 15.8 Å². The van der Waals surface area contributed by atoms with E-state index in [1.165, 1.54) is 0 Å². The van der Waals surface area contributed by atoms with E-state index in [9.17, 15) is 0 Å². The van der Waals surface area contributed by atoms with Gasteiger partial charge in [0.05, 0.1) is 18.2 Å². The van der Waals surface area contributed by atoms with Crippen LogP contribution in [0.2, 0.25) is 0 Å². The Kier molecular flexibility index (Phi) is 3.99. The van der Waals surface area contributed by atoms with Gasteiger partial charge in [-0.05, 0) is 33.6 Å². The molecule has 0 aromatic heterocycles. The summed E-state index contributed by atoms with van der Waals surface area (Å²) >= 11 is 3.38. The number of rotatable bonds is 3. The highest BCUT2D eigenvalue weighted by Crippen LogP contribution is 2.25. The topological polar surface area (TPSA) is 29.5 Å². The van der Waals surface area contributed by atoms with Crippen molar-refractivity contribution < 1.29 is 9.84 Å². The van der Waals surface area contributed by atoms with Crippen molar-refractivity contribution in [3.8, 4) is 5.75 Å². The fourth-order valence-electron chi connectivity index (χ4n) is 0.975.